The fourth-order valence-corrected chi connectivity index (χ4v) is 3.69. The molecule has 0 amide bonds. The Kier molecular flexibility index (Phi) is 5.72. The van der Waals surface area contributed by atoms with Gasteiger partial charge < -0.3 is 5.32 Å². The van der Waals surface area contributed by atoms with Gasteiger partial charge in [0.25, 0.3) is 0 Å². The highest BCUT2D eigenvalue weighted by Crippen LogP contribution is 2.17. The zero-order valence-electron chi connectivity index (χ0n) is 11.9. The van der Waals surface area contributed by atoms with E-state index in [4.69, 9.17) is 0 Å². The smallest absolute Gasteiger partial charge is 0.244 e. The van der Waals surface area contributed by atoms with Crippen LogP contribution in [0.4, 0.5) is 5.82 Å². The summed E-state index contributed by atoms with van der Waals surface area (Å²) >= 11 is 1.61. The Labute approximate surface area is 129 Å². The van der Waals surface area contributed by atoms with Crippen LogP contribution in [0.15, 0.2) is 40.1 Å². The Morgan fingerprint density at radius 3 is 2.86 bits per heavy atom. The van der Waals surface area contributed by atoms with Crippen molar-refractivity contribution in [2.24, 2.45) is 0 Å². The Hall–Kier alpha value is -1.44. The number of pyridine rings is 1. The van der Waals surface area contributed by atoms with Gasteiger partial charge in [-0.3, -0.25) is 0 Å². The Morgan fingerprint density at radius 1 is 1.29 bits per heavy atom. The molecule has 0 aliphatic rings. The van der Waals surface area contributed by atoms with Gasteiger partial charge in [0.05, 0.1) is 0 Å². The third-order valence-corrected chi connectivity index (χ3v) is 5.11. The van der Waals surface area contributed by atoms with Gasteiger partial charge in [0.2, 0.25) is 10.0 Å². The average Bonchev–Trinajstić information content (AvgIpc) is 2.98. The molecule has 2 aromatic rings. The molecule has 0 fully saturated rings. The van der Waals surface area contributed by atoms with Crippen molar-refractivity contribution in [3.05, 3.63) is 40.7 Å². The number of anilines is 1. The molecule has 114 valence electrons. The van der Waals surface area contributed by atoms with Crippen LogP contribution in [0, 0.1) is 0 Å². The van der Waals surface area contributed by atoms with E-state index in [1.54, 1.807) is 29.7 Å². The maximum Gasteiger partial charge on any atom is 0.244 e. The van der Waals surface area contributed by atoms with Gasteiger partial charge in [0, 0.05) is 19.3 Å². The molecular weight excluding hydrogens is 306 g/mol. The maximum atomic E-state index is 12.4. The van der Waals surface area contributed by atoms with Gasteiger partial charge in [-0.05, 0) is 47.4 Å². The second-order valence-corrected chi connectivity index (χ2v) is 7.07. The van der Waals surface area contributed by atoms with Crippen molar-refractivity contribution < 1.29 is 8.42 Å². The fourth-order valence-electron chi connectivity index (χ4n) is 1.83. The lowest BCUT2D eigenvalue weighted by atomic mass is 10.2. The van der Waals surface area contributed by atoms with E-state index < -0.39 is 10.0 Å². The number of nitrogens with zero attached hydrogens (tertiary/aromatic N) is 1. The minimum Gasteiger partial charge on any atom is -0.369 e. The van der Waals surface area contributed by atoms with Crippen molar-refractivity contribution in [1.29, 1.82) is 0 Å². The predicted molar refractivity (Wildman–Crippen MR) is 86.2 cm³/mol. The number of sulfonamides is 1. The second-order valence-electron chi connectivity index (χ2n) is 4.56. The molecule has 0 spiro atoms. The summed E-state index contributed by atoms with van der Waals surface area (Å²) in [5, 5.41) is 7.05. The third kappa shape index (κ3) is 4.52. The lowest BCUT2D eigenvalue weighted by Gasteiger charge is -2.11. The van der Waals surface area contributed by atoms with Crippen LogP contribution in [-0.2, 0) is 16.4 Å². The number of thiophene rings is 1. The first-order chi connectivity index (χ1) is 10.1. The summed E-state index contributed by atoms with van der Waals surface area (Å²) in [4.78, 5) is 4.31. The lowest BCUT2D eigenvalue weighted by Crippen LogP contribution is -2.27. The highest BCUT2D eigenvalue weighted by molar-refractivity contribution is 7.89. The summed E-state index contributed by atoms with van der Waals surface area (Å²) in [5.41, 5.74) is 1.14. The van der Waals surface area contributed by atoms with Gasteiger partial charge in [-0.15, -0.1) is 0 Å². The van der Waals surface area contributed by atoms with E-state index >= 15 is 0 Å². The molecule has 2 aromatic heterocycles. The van der Waals surface area contributed by atoms with E-state index in [9.17, 15) is 8.42 Å². The van der Waals surface area contributed by atoms with Gasteiger partial charge in [0.15, 0.2) is 0 Å². The summed E-state index contributed by atoms with van der Waals surface area (Å²) in [6, 6.07) is 5.19. The highest BCUT2D eigenvalue weighted by atomic mass is 32.2. The van der Waals surface area contributed by atoms with Crippen LogP contribution < -0.4 is 10.0 Å². The number of aromatic nitrogens is 1. The van der Waals surface area contributed by atoms with Crippen LogP contribution in [0.1, 0.15) is 18.9 Å². The first kappa shape index (κ1) is 15.9. The van der Waals surface area contributed by atoms with Crippen molar-refractivity contribution in [2.45, 2.75) is 24.7 Å². The van der Waals surface area contributed by atoms with Crippen molar-refractivity contribution in [2.75, 3.05) is 18.4 Å². The lowest BCUT2D eigenvalue weighted by molar-refractivity contribution is 0.581. The molecule has 0 aliphatic carbocycles. The molecule has 2 heterocycles. The number of hydrogen-bond donors (Lipinski definition) is 2. The van der Waals surface area contributed by atoms with Crippen molar-refractivity contribution >= 4 is 27.2 Å². The van der Waals surface area contributed by atoms with E-state index in [2.05, 4.69) is 15.0 Å². The molecular formula is C14H19N3O2S2. The van der Waals surface area contributed by atoms with Crippen LogP contribution >= 0.6 is 11.3 Å². The average molecular weight is 325 g/mol. The highest BCUT2D eigenvalue weighted by Gasteiger charge is 2.18. The van der Waals surface area contributed by atoms with E-state index in [0.717, 1.165) is 12.0 Å². The molecule has 0 atom stereocenters. The Bertz CT molecular complexity index is 655. The number of hydrogen-bond acceptors (Lipinski definition) is 5. The Balaban J connectivity index is 2.04. The zero-order chi connectivity index (χ0) is 15.1. The summed E-state index contributed by atoms with van der Waals surface area (Å²) < 4.78 is 27.3. The zero-order valence-corrected chi connectivity index (χ0v) is 13.5. The minimum absolute atomic E-state index is 0.198. The molecule has 0 unspecified atom stereocenters. The van der Waals surface area contributed by atoms with E-state index in [-0.39, 0.29) is 4.90 Å². The van der Waals surface area contributed by atoms with Crippen molar-refractivity contribution in [1.82, 2.24) is 9.71 Å². The fraction of sp³-hybridized carbons (Fsp3) is 0.357. The molecule has 0 saturated heterocycles. The summed E-state index contributed by atoms with van der Waals surface area (Å²) in [6.07, 6.45) is 3.17. The number of nitrogens with one attached hydrogen (secondary N) is 2. The molecule has 0 bridgehead atoms. The summed E-state index contributed by atoms with van der Waals surface area (Å²) in [5.74, 6) is 0.405. The van der Waals surface area contributed by atoms with Crippen molar-refractivity contribution in [3.8, 4) is 0 Å². The standard InChI is InChI=1S/C14H19N3O2S2/c1-2-7-15-14-13(4-3-8-16-14)21(18,19)17-9-5-12-6-10-20-11-12/h3-4,6,8,10-11,17H,2,5,7,9H2,1H3,(H,15,16). The molecule has 2 rings (SSSR count). The Morgan fingerprint density at radius 2 is 2.14 bits per heavy atom. The van der Waals surface area contributed by atoms with Crippen LogP contribution in [-0.4, -0.2) is 26.5 Å². The molecule has 2 N–H and O–H groups in total. The quantitative estimate of drug-likeness (QED) is 0.782. The van der Waals surface area contributed by atoms with Gasteiger partial charge in [-0.25, -0.2) is 18.1 Å². The molecule has 21 heavy (non-hydrogen) atoms. The largest absolute Gasteiger partial charge is 0.369 e. The first-order valence-electron chi connectivity index (χ1n) is 6.83. The van der Waals surface area contributed by atoms with E-state index in [1.807, 2.05) is 23.8 Å². The number of rotatable bonds is 8. The van der Waals surface area contributed by atoms with E-state index in [1.165, 1.54) is 0 Å². The first-order valence-corrected chi connectivity index (χ1v) is 9.25. The molecule has 0 aromatic carbocycles. The van der Waals surface area contributed by atoms with Crippen molar-refractivity contribution in [3.63, 3.8) is 0 Å². The molecule has 0 saturated carbocycles. The topological polar surface area (TPSA) is 71.1 Å². The van der Waals surface area contributed by atoms with Crippen LogP contribution in [0.5, 0.6) is 0 Å². The van der Waals surface area contributed by atoms with Crippen LogP contribution in [0.25, 0.3) is 0 Å². The van der Waals surface area contributed by atoms with Gasteiger partial charge in [0.1, 0.15) is 10.7 Å². The van der Waals surface area contributed by atoms with Gasteiger partial charge in [-0.2, -0.15) is 11.3 Å². The maximum absolute atomic E-state index is 12.4. The van der Waals surface area contributed by atoms with Gasteiger partial charge >= 0.3 is 0 Å². The second kappa shape index (κ2) is 7.53. The monoisotopic (exact) mass is 325 g/mol. The van der Waals surface area contributed by atoms with Crippen LogP contribution in [0.3, 0.4) is 0 Å². The summed E-state index contributed by atoms with van der Waals surface area (Å²) in [7, 11) is -3.55. The normalized spacial score (nSPS) is 11.5. The minimum atomic E-state index is -3.55. The molecule has 5 nitrogen and oxygen atoms in total. The molecule has 0 aliphatic heterocycles. The SMILES string of the molecule is CCCNc1ncccc1S(=O)(=O)NCCc1ccsc1. The summed E-state index contributed by atoms with van der Waals surface area (Å²) in [6.45, 7) is 3.08. The molecule has 7 heteroatoms. The predicted octanol–water partition coefficient (Wildman–Crippen LogP) is 2.49. The van der Waals surface area contributed by atoms with Crippen LogP contribution in [0.2, 0.25) is 0 Å². The van der Waals surface area contributed by atoms with Gasteiger partial charge in [-0.1, -0.05) is 6.92 Å². The molecule has 0 radical (unpaired) electrons. The van der Waals surface area contributed by atoms with E-state index in [0.29, 0.717) is 25.3 Å². The third-order valence-electron chi connectivity index (χ3n) is 2.89.